The van der Waals surface area contributed by atoms with Crippen molar-refractivity contribution in [3.63, 3.8) is 0 Å². The molecule has 1 atom stereocenters. The van der Waals surface area contributed by atoms with Gasteiger partial charge in [-0.25, -0.2) is 4.98 Å². The number of hydrogen-bond acceptors (Lipinski definition) is 3. The zero-order valence-electron chi connectivity index (χ0n) is 9.37. The van der Waals surface area contributed by atoms with E-state index >= 15 is 0 Å². The summed E-state index contributed by atoms with van der Waals surface area (Å²) in [5, 5.41) is 11.7. The number of carboxylic acid groups (broad SMARTS) is 1. The lowest BCUT2D eigenvalue weighted by Crippen LogP contribution is -2.25. The molecule has 2 N–H and O–H groups in total. The molecule has 0 radical (unpaired) electrons. The molecule has 0 amide bonds. The first kappa shape index (κ1) is 11.2. The van der Waals surface area contributed by atoms with E-state index in [4.69, 9.17) is 5.11 Å². The van der Waals surface area contributed by atoms with Crippen LogP contribution in [0.3, 0.4) is 0 Å². The number of hydrogen-bond donors (Lipinski definition) is 2. The highest BCUT2D eigenvalue weighted by molar-refractivity contribution is 5.76. The molecule has 5 nitrogen and oxygen atoms in total. The van der Waals surface area contributed by atoms with Crippen molar-refractivity contribution in [2.45, 2.75) is 13.0 Å². The van der Waals surface area contributed by atoms with Gasteiger partial charge in [0.15, 0.2) is 0 Å². The molecule has 0 bridgehead atoms. The molecular formula is C12H13N3O2. The second-order valence-electron chi connectivity index (χ2n) is 3.72. The first-order valence-corrected chi connectivity index (χ1v) is 5.24. The van der Waals surface area contributed by atoms with Crippen molar-refractivity contribution >= 4 is 11.7 Å². The molecule has 0 aliphatic heterocycles. The van der Waals surface area contributed by atoms with Crippen LogP contribution in [0.1, 0.15) is 6.92 Å². The Labute approximate surface area is 98.7 Å². The lowest BCUT2D eigenvalue weighted by molar-refractivity contribution is -0.137. The molecule has 1 heterocycles. The second-order valence-corrected chi connectivity index (χ2v) is 3.72. The highest BCUT2D eigenvalue weighted by Crippen LogP contribution is 2.15. The highest BCUT2D eigenvalue weighted by atomic mass is 16.4. The topological polar surface area (TPSA) is 67.2 Å². The summed E-state index contributed by atoms with van der Waals surface area (Å²) in [6.45, 7) is 1.60. The van der Waals surface area contributed by atoms with Crippen molar-refractivity contribution in [1.29, 1.82) is 0 Å². The fourth-order valence-electron chi connectivity index (χ4n) is 1.48. The minimum absolute atomic E-state index is 0.618. The highest BCUT2D eigenvalue weighted by Gasteiger charge is 2.10. The van der Waals surface area contributed by atoms with Crippen LogP contribution in [0, 0.1) is 0 Å². The number of carbonyl (C=O) groups is 1. The SMILES string of the molecule is CC(Nc1cccc(-n2ccnc2)c1)C(=O)O. The molecule has 2 aromatic rings. The predicted octanol–water partition coefficient (Wildman–Crippen LogP) is 1.76. The minimum Gasteiger partial charge on any atom is -0.480 e. The zero-order valence-corrected chi connectivity index (χ0v) is 9.37. The second kappa shape index (κ2) is 4.69. The predicted molar refractivity (Wildman–Crippen MR) is 64.3 cm³/mol. The molecule has 0 aliphatic rings. The van der Waals surface area contributed by atoms with E-state index in [1.54, 1.807) is 19.4 Å². The Morgan fingerprint density at radius 3 is 3.00 bits per heavy atom. The molecule has 17 heavy (non-hydrogen) atoms. The molecule has 5 heteroatoms. The van der Waals surface area contributed by atoms with E-state index in [2.05, 4.69) is 10.3 Å². The van der Waals surface area contributed by atoms with E-state index in [0.29, 0.717) is 0 Å². The first-order valence-electron chi connectivity index (χ1n) is 5.24. The summed E-state index contributed by atoms with van der Waals surface area (Å²) in [7, 11) is 0. The van der Waals surface area contributed by atoms with Gasteiger partial charge in [0.25, 0.3) is 0 Å². The number of imidazole rings is 1. The standard InChI is InChI=1S/C12H13N3O2/c1-9(12(16)17)14-10-3-2-4-11(7-10)15-6-5-13-8-15/h2-9,14H,1H3,(H,16,17). The van der Waals surface area contributed by atoms with Crippen LogP contribution in [0.25, 0.3) is 5.69 Å². The van der Waals surface area contributed by atoms with Crippen molar-refractivity contribution in [2.75, 3.05) is 5.32 Å². The van der Waals surface area contributed by atoms with Crippen LogP contribution in [0.15, 0.2) is 43.0 Å². The average Bonchev–Trinajstić information content (AvgIpc) is 2.82. The van der Waals surface area contributed by atoms with Crippen LogP contribution in [0.4, 0.5) is 5.69 Å². The normalized spacial score (nSPS) is 12.1. The summed E-state index contributed by atoms with van der Waals surface area (Å²) in [5.74, 6) is -0.877. The maximum absolute atomic E-state index is 10.7. The molecular weight excluding hydrogens is 218 g/mol. The lowest BCUT2D eigenvalue weighted by Gasteiger charge is -2.12. The Morgan fingerprint density at radius 1 is 1.53 bits per heavy atom. The number of aliphatic carboxylic acids is 1. The maximum atomic E-state index is 10.7. The van der Waals surface area contributed by atoms with Crippen molar-refractivity contribution < 1.29 is 9.90 Å². The number of benzene rings is 1. The molecule has 1 aromatic heterocycles. The number of nitrogens with one attached hydrogen (secondary N) is 1. The van der Waals surface area contributed by atoms with Crippen LogP contribution in [-0.4, -0.2) is 26.7 Å². The van der Waals surface area contributed by atoms with Crippen molar-refractivity contribution in [3.05, 3.63) is 43.0 Å². The maximum Gasteiger partial charge on any atom is 0.325 e. The summed E-state index contributed by atoms with van der Waals surface area (Å²) < 4.78 is 1.86. The third kappa shape index (κ3) is 2.63. The Balaban J connectivity index is 2.20. The van der Waals surface area contributed by atoms with Crippen LogP contribution in [-0.2, 0) is 4.79 Å². The molecule has 0 aliphatic carbocycles. The fraction of sp³-hybridized carbons (Fsp3) is 0.167. The van der Waals surface area contributed by atoms with Gasteiger partial charge >= 0.3 is 5.97 Å². The minimum atomic E-state index is -0.877. The Bertz CT molecular complexity index is 508. The van der Waals surface area contributed by atoms with E-state index in [1.807, 2.05) is 35.0 Å². The van der Waals surface area contributed by atoms with Crippen molar-refractivity contribution in [3.8, 4) is 5.69 Å². The summed E-state index contributed by atoms with van der Waals surface area (Å²) in [4.78, 5) is 14.7. The molecule has 0 saturated carbocycles. The largest absolute Gasteiger partial charge is 0.480 e. The van der Waals surface area contributed by atoms with Crippen LogP contribution >= 0.6 is 0 Å². The fourth-order valence-corrected chi connectivity index (χ4v) is 1.48. The quantitative estimate of drug-likeness (QED) is 0.841. The summed E-state index contributed by atoms with van der Waals surface area (Å²) in [6.07, 6.45) is 5.22. The zero-order chi connectivity index (χ0) is 12.3. The number of aromatic nitrogens is 2. The number of carboxylic acids is 1. The molecule has 0 saturated heterocycles. The van der Waals surface area contributed by atoms with Crippen LogP contribution in [0.2, 0.25) is 0 Å². The van der Waals surface area contributed by atoms with Gasteiger partial charge in [-0.05, 0) is 25.1 Å². The van der Waals surface area contributed by atoms with E-state index in [0.717, 1.165) is 11.4 Å². The first-order chi connectivity index (χ1) is 8.16. The van der Waals surface area contributed by atoms with Gasteiger partial charge in [0, 0.05) is 23.8 Å². The molecule has 2 rings (SSSR count). The summed E-state index contributed by atoms with van der Waals surface area (Å²) >= 11 is 0. The molecule has 0 fully saturated rings. The Kier molecular flexibility index (Phi) is 3.09. The van der Waals surface area contributed by atoms with Crippen LogP contribution < -0.4 is 5.32 Å². The number of nitrogens with zero attached hydrogens (tertiary/aromatic N) is 2. The summed E-state index contributed by atoms with van der Waals surface area (Å²) in [6, 6.07) is 6.89. The number of rotatable bonds is 4. The van der Waals surface area contributed by atoms with E-state index in [1.165, 1.54) is 0 Å². The van der Waals surface area contributed by atoms with E-state index in [9.17, 15) is 4.79 Å². The van der Waals surface area contributed by atoms with Gasteiger partial charge in [0.2, 0.25) is 0 Å². The van der Waals surface area contributed by atoms with Gasteiger partial charge in [-0.1, -0.05) is 6.07 Å². The van der Waals surface area contributed by atoms with E-state index < -0.39 is 12.0 Å². The van der Waals surface area contributed by atoms with Gasteiger partial charge in [-0.2, -0.15) is 0 Å². The van der Waals surface area contributed by atoms with E-state index in [-0.39, 0.29) is 0 Å². The Morgan fingerprint density at radius 2 is 2.35 bits per heavy atom. The average molecular weight is 231 g/mol. The molecule has 88 valence electrons. The number of anilines is 1. The van der Waals surface area contributed by atoms with Gasteiger partial charge in [-0.3, -0.25) is 4.79 Å². The Hall–Kier alpha value is -2.30. The third-order valence-electron chi connectivity index (χ3n) is 2.40. The third-order valence-corrected chi connectivity index (χ3v) is 2.40. The van der Waals surface area contributed by atoms with Gasteiger partial charge in [0.1, 0.15) is 6.04 Å². The molecule has 1 aromatic carbocycles. The summed E-state index contributed by atoms with van der Waals surface area (Å²) in [5.41, 5.74) is 1.70. The molecule has 1 unspecified atom stereocenters. The van der Waals surface area contributed by atoms with Crippen molar-refractivity contribution in [2.24, 2.45) is 0 Å². The molecule has 0 spiro atoms. The van der Waals surface area contributed by atoms with Crippen molar-refractivity contribution in [1.82, 2.24) is 9.55 Å². The monoisotopic (exact) mass is 231 g/mol. The smallest absolute Gasteiger partial charge is 0.325 e. The van der Waals surface area contributed by atoms with Crippen LogP contribution in [0.5, 0.6) is 0 Å². The van der Waals surface area contributed by atoms with Gasteiger partial charge < -0.3 is 15.0 Å². The van der Waals surface area contributed by atoms with Gasteiger partial charge in [0.05, 0.1) is 6.33 Å². The lowest BCUT2D eigenvalue weighted by atomic mass is 10.2. The van der Waals surface area contributed by atoms with Gasteiger partial charge in [-0.15, -0.1) is 0 Å².